The highest BCUT2D eigenvalue weighted by Gasteiger charge is 2.35. The summed E-state index contributed by atoms with van der Waals surface area (Å²) >= 11 is 0. The van der Waals surface area contributed by atoms with E-state index >= 15 is 0 Å². The predicted molar refractivity (Wildman–Crippen MR) is 79.1 cm³/mol. The third kappa shape index (κ3) is 5.81. The van der Waals surface area contributed by atoms with Gasteiger partial charge in [0.1, 0.15) is 0 Å². The van der Waals surface area contributed by atoms with Crippen molar-refractivity contribution in [3.05, 3.63) is 0 Å². The van der Waals surface area contributed by atoms with Crippen LogP contribution in [0.2, 0.25) is 0 Å². The molecule has 126 valence electrons. The molecule has 2 aliphatic rings. The summed E-state index contributed by atoms with van der Waals surface area (Å²) in [6.45, 7) is 4.18. The Morgan fingerprint density at radius 1 is 1.19 bits per heavy atom. The first-order valence-corrected chi connectivity index (χ1v) is 6.65. The number of hydrogen-bond donors (Lipinski definition) is 1. The van der Waals surface area contributed by atoms with E-state index in [9.17, 15) is 18.0 Å². The van der Waals surface area contributed by atoms with Crippen molar-refractivity contribution in [3.8, 4) is 0 Å². The Hall–Kier alpha value is -0.240. The number of piperazine rings is 1. The summed E-state index contributed by atoms with van der Waals surface area (Å²) in [5.41, 5.74) is 0. The number of hydrogen-bond acceptors (Lipinski definition) is 3. The highest BCUT2D eigenvalue weighted by molar-refractivity contribution is 5.85. The minimum atomic E-state index is -4.16. The van der Waals surface area contributed by atoms with Gasteiger partial charge in [-0.15, -0.1) is 24.8 Å². The van der Waals surface area contributed by atoms with Crippen LogP contribution in [0.4, 0.5) is 13.2 Å². The van der Waals surface area contributed by atoms with E-state index in [4.69, 9.17) is 0 Å². The van der Waals surface area contributed by atoms with Crippen LogP contribution >= 0.6 is 24.8 Å². The standard InChI is InChI=1S/C12H20F3N3O.2ClH/c1-9(10-6-16-7-10)11(19)18-4-2-17(3-5-18)8-12(13,14)15;;/h9-10,16H,2-8H2,1H3;2*1H. The molecule has 0 aliphatic carbocycles. The van der Waals surface area contributed by atoms with Gasteiger partial charge in [-0.05, 0) is 19.0 Å². The number of amides is 1. The highest BCUT2D eigenvalue weighted by Crippen LogP contribution is 2.21. The van der Waals surface area contributed by atoms with Gasteiger partial charge in [0.25, 0.3) is 0 Å². The van der Waals surface area contributed by atoms with E-state index in [-0.39, 0.29) is 36.6 Å². The zero-order chi connectivity index (χ0) is 14.0. The van der Waals surface area contributed by atoms with Crippen molar-refractivity contribution < 1.29 is 18.0 Å². The normalized spacial score (nSPS) is 21.8. The van der Waals surface area contributed by atoms with E-state index in [1.54, 1.807) is 4.90 Å². The zero-order valence-electron chi connectivity index (χ0n) is 11.9. The van der Waals surface area contributed by atoms with Gasteiger partial charge in [-0.2, -0.15) is 13.2 Å². The first-order valence-electron chi connectivity index (χ1n) is 6.65. The SMILES string of the molecule is CC(C(=O)N1CCN(CC(F)(F)F)CC1)C1CNC1.Cl.Cl. The van der Waals surface area contributed by atoms with Crippen molar-refractivity contribution >= 4 is 30.7 Å². The second-order valence-electron chi connectivity index (χ2n) is 5.42. The van der Waals surface area contributed by atoms with Crippen LogP contribution in [-0.4, -0.2) is 67.7 Å². The topological polar surface area (TPSA) is 35.6 Å². The Morgan fingerprint density at radius 2 is 1.71 bits per heavy atom. The highest BCUT2D eigenvalue weighted by atomic mass is 35.5. The quantitative estimate of drug-likeness (QED) is 0.834. The van der Waals surface area contributed by atoms with Gasteiger partial charge in [0, 0.05) is 32.1 Å². The Labute approximate surface area is 135 Å². The lowest BCUT2D eigenvalue weighted by molar-refractivity contribution is -0.153. The van der Waals surface area contributed by atoms with Crippen molar-refractivity contribution in [1.29, 1.82) is 0 Å². The molecule has 2 heterocycles. The van der Waals surface area contributed by atoms with Gasteiger partial charge in [0.05, 0.1) is 6.54 Å². The number of halogens is 5. The van der Waals surface area contributed by atoms with Crippen LogP contribution in [0.1, 0.15) is 6.92 Å². The Balaban J connectivity index is 0.00000200. The second-order valence-corrected chi connectivity index (χ2v) is 5.42. The third-order valence-corrected chi connectivity index (χ3v) is 4.00. The van der Waals surface area contributed by atoms with Crippen molar-refractivity contribution in [1.82, 2.24) is 15.1 Å². The fourth-order valence-electron chi connectivity index (χ4n) is 2.53. The maximum Gasteiger partial charge on any atom is 0.401 e. The van der Waals surface area contributed by atoms with Gasteiger partial charge < -0.3 is 10.2 Å². The largest absolute Gasteiger partial charge is 0.401 e. The molecule has 4 nitrogen and oxygen atoms in total. The molecule has 0 spiro atoms. The van der Waals surface area contributed by atoms with E-state index in [1.165, 1.54) is 4.90 Å². The maximum atomic E-state index is 12.3. The number of carbonyl (C=O) groups excluding carboxylic acids is 1. The van der Waals surface area contributed by atoms with Crippen LogP contribution in [0.25, 0.3) is 0 Å². The van der Waals surface area contributed by atoms with Crippen LogP contribution in [0, 0.1) is 11.8 Å². The lowest BCUT2D eigenvalue weighted by atomic mass is 9.88. The molecule has 2 aliphatic heterocycles. The summed E-state index contributed by atoms with van der Waals surface area (Å²) in [5, 5.41) is 3.13. The minimum Gasteiger partial charge on any atom is -0.340 e. The van der Waals surface area contributed by atoms with E-state index in [0.717, 1.165) is 13.1 Å². The van der Waals surface area contributed by atoms with Crippen LogP contribution in [0.3, 0.4) is 0 Å². The molecule has 1 unspecified atom stereocenters. The summed E-state index contributed by atoms with van der Waals surface area (Å²) in [7, 11) is 0. The number of rotatable bonds is 3. The molecule has 0 radical (unpaired) electrons. The average Bonchev–Trinajstić information content (AvgIpc) is 2.24. The van der Waals surface area contributed by atoms with Gasteiger partial charge in [-0.1, -0.05) is 6.92 Å². The summed E-state index contributed by atoms with van der Waals surface area (Å²) in [6.07, 6.45) is -4.16. The van der Waals surface area contributed by atoms with Crippen molar-refractivity contribution in [2.24, 2.45) is 11.8 Å². The molecule has 1 amide bonds. The lowest BCUT2D eigenvalue weighted by Crippen LogP contribution is -2.55. The van der Waals surface area contributed by atoms with Crippen molar-refractivity contribution in [3.63, 3.8) is 0 Å². The molecule has 0 aromatic rings. The van der Waals surface area contributed by atoms with Crippen LogP contribution < -0.4 is 5.32 Å². The number of alkyl halides is 3. The molecule has 2 fully saturated rings. The third-order valence-electron chi connectivity index (χ3n) is 4.00. The Bertz CT molecular complexity index is 332. The molecule has 2 rings (SSSR count). The van der Waals surface area contributed by atoms with Crippen LogP contribution in [0.5, 0.6) is 0 Å². The van der Waals surface area contributed by atoms with E-state index in [1.807, 2.05) is 6.92 Å². The summed E-state index contributed by atoms with van der Waals surface area (Å²) in [4.78, 5) is 15.2. The van der Waals surface area contributed by atoms with Crippen molar-refractivity contribution in [2.75, 3.05) is 45.8 Å². The van der Waals surface area contributed by atoms with Crippen LogP contribution in [-0.2, 0) is 4.79 Å². The summed E-state index contributed by atoms with van der Waals surface area (Å²) in [5.74, 6) is 0.425. The maximum absolute atomic E-state index is 12.3. The fraction of sp³-hybridized carbons (Fsp3) is 0.917. The number of carbonyl (C=O) groups is 1. The smallest absolute Gasteiger partial charge is 0.340 e. The van der Waals surface area contributed by atoms with Crippen molar-refractivity contribution in [2.45, 2.75) is 13.1 Å². The minimum absolute atomic E-state index is 0. The molecular weight excluding hydrogens is 330 g/mol. The number of nitrogens with one attached hydrogen (secondary N) is 1. The molecule has 1 N–H and O–H groups in total. The molecule has 21 heavy (non-hydrogen) atoms. The molecule has 0 aromatic carbocycles. The predicted octanol–water partition coefficient (Wildman–Crippen LogP) is 1.39. The van der Waals surface area contributed by atoms with E-state index in [0.29, 0.717) is 32.1 Å². The summed E-state index contributed by atoms with van der Waals surface area (Å²) < 4.78 is 36.8. The van der Waals surface area contributed by atoms with Gasteiger partial charge in [0.15, 0.2) is 0 Å². The van der Waals surface area contributed by atoms with Gasteiger partial charge in [-0.25, -0.2) is 0 Å². The molecule has 0 aromatic heterocycles. The van der Waals surface area contributed by atoms with Crippen LogP contribution in [0.15, 0.2) is 0 Å². The fourth-order valence-corrected chi connectivity index (χ4v) is 2.53. The first-order chi connectivity index (χ1) is 8.87. The Morgan fingerprint density at radius 3 is 2.10 bits per heavy atom. The average molecular weight is 352 g/mol. The Kier molecular flexibility index (Phi) is 8.31. The molecular formula is C12H22Cl2F3N3O. The number of nitrogens with zero attached hydrogens (tertiary/aromatic N) is 2. The monoisotopic (exact) mass is 351 g/mol. The van der Waals surface area contributed by atoms with Gasteiger partial charge >= 0.3 is 6.18 Å². The molecule has 2 saturated heterocycles. The molecule has 0 bridgehead atoms. The first kappa shape index (κ1) is 20.8. The summed E-state index contributed by atoms with van der Waals surface area (Å²) in [6, 6.07) is 0. The van der Waals surface area contributed by atoms with E-state index in [2.05, 4.69) is 5.32 Å². The van der Waals surface area contributed by atoms with Gasteiger partial charge in [0.2, 0.25) is 5.91 Å². The zero-order valence-corrected chi connectivity index (χ0v) is 13.5. The van der Waals surface area contributed by atoms with E-state index < -0.39 is 12.7 Å². The molecule has 0 saturated carbocycles. The molecule has 1 atom stereocenters. The second kappa shape index (κ2) is 8.41. The van der Waals surface area contributed by atoms with Gasteiger partial charge in [-0.3, -0.25) is 9.69 Å². The molecule has 9 heteroatoms. The lowest BCUT2D eigenvalue weighted by Gasteiger charge is -2.39.